The van der Waals surface area contributed by atoms with Crippen LogP contribution in [-0.4, -0.2) is 42.3 Å². The summed E-state index contributed by atoms with van der Waals surface area (Å²) in [5.74, 6) is 0.00650. The minimum Gasteiger partial charge on any atom is -0.352 e. The molecular weight excluding hydrogens is 374 g/mol. The Morgan fingerprint density at radius 2 is 2.04 bits per heavy atom. The highest BCUT2D eigenvalue weighted by Crippen LogP contribution is 2.38. The lowest BCUT2D eigenvalue weighted by molar-refractivity contribution is -0.127. The molecule has 6 nitrogen and oxygen atoms in total. The van der Waals surface area contributed by atoms with Crippen LogP contribution in [0.25, 0.3) is 0 Å². The van der Waals surface area contributed by atoms with Gasteiger partial charge in [0.25, 0.3) is 11.8 Å². The standard InChI is InChI=1S/C21H21N3O3S/c1-13(25)24-9-8-14(12-24)11-22-20(26)15-6-7-19-17(10-15)23-21(27)16-4-2-3-5-18(16)28-19/h2-7,10,14H,8-9,11-12H2,1H3,(H,22,26)(H,23,27). The number of rotatable bonds is 3. The minimum absolute atomic E-state index is 0.0776. The Morgan fingerprint density at radius 3 is 2.82 bits per heavy atom. The van der Waals surface area contributed by atoms with Gasteiger partial charge in [-0.3, -0.25) is 14.4 Å². The highest BCUT2D eigenvalue weighted by Gasteiger charge is 2.25. The molecule has 2 aliphatic rings. The molecule has 4 rings (SSSR count). The first kappa shape index (κ1) is 18.6. The van der Waals surface area contributed by atoms with E-state index in [4.69, 9.17) is 0 Å². The van der Waals surface area contributed by atoms with Gasteiger partial charge in [0, 0.05) is 41.9 Å². The third kappa shape index (κ3) is 3.75. The van der Waals surface area contributed by atoms with Crippen molar-refractivity contribution < 1.29 is 14.4 Å². The maximum atomic E-state index is 12.6. The maximum absolute atomic E-state index is 12.6. The van der Waals surface area contributed by atoms with E-state index >= 15 is 0 Å². The molecule has 3 amide bonds. The van der Waals surface area contributed by atoms with Gasteiger partial charge in [0.1, 0.15) is 0 Å². The van der Waals surface area contributed by atoms with Gasteiger partial charge in [-0.2, -0.15) is 0 Å². The van der Waals surface area contributed by atoms with Gasteiger partial charge in [0.2, 0.25) is 5.91 Å². The monoisotopic (exact) mass is 395 g/mol. The number of nitrogens with one attached hydrogen (secondary N) is 2. The van der Waals surface area contributed by atoms with Gasteiger partial charge in [-0.05, 0) is 42.7 Å². The van der Waals surface area contributed by atoms with Crippen molar-refractivity contribution in [1.29, 1.82) is 0 Å². The number of carbonyl (C=O) groups is 3. The molecule has 2 N–H and O–H groups in total. The second-order valence-electron chi connectivity index (χ2n) is 7.09. The fourth-order valence-electron chi connectivity index (χ4n) is 3.53. The normalized spacial score (nSPS) is 18.0. The van der Waals surface area contributed by atoms with E-state index in [2.05, 4.69) is 10.6 Å². The summed E-state index contributed by atoms with van der Waals surface area (Å²) in [7, 11) is 0. The molecule has 2 heterocycles. The Bertz CT molecular complexity index is 960. The molecular formula is C21H21N3O3S. The van der Waals surface area contributed by atoms with Gasteiger partial charge in [-0.25, -0.2) is 0 Å². The quantitative estimate of drug-likeness (QED) is 0.837. The van der Waals surface area contributed by atoms with Gasteiger partial charge in [0.05, 0.1) is 11.3 Å². The fraction of sp³-hybridized carbons (Fsp3) is 0.286. The maximum Gasteiger partial charge on any atom is 0.256 e. The topological polar surface area (TPSA) is 78.5 Å². The summed E-state index contributed by atoms with van der Waals surface area (Å²) in [5.41, 5.74) is 1.78. The number of hydrogen-bond acceptors (Lipinski definition) is 4. The molecule has 0 spiro atoms. The molecule has 1 fully saturated rings. The minimum atomic E-state index is -0.176. The van der Waals surface area contributed by atoms with Crippen molar-refractivity contribution in [2.45, 2.75) is 23.1 Å². The first-order chi connectivity index (χ1) is 13.5. The first-order valence-electron chi connectivity index (χ1n) is 9.27. The predicted octanol–water partition coefficient (Wildman–Crippen LogP) is 3.00. The zero-order valence-corrected chi connectivity index (χ0v) is 16.3. The van der Waals surface area contributed by atoms with Crippen molar-refractivity contribution in [3.8, 4) is 0 Å². The van der Waals surface area contributed by atoms with Crippen LogP contribution < -0.4 is 10.6 Å². The van der Waals surface area contributed by atoms with Gasteiger partial charge in [0.15, 0.2) is 0 Å². The molecule has 28 heavy (non-hydrogen) atoms. The van der Waals surface area contributed by atoms with Gasteiger partial charge < -0.3 is 15.5 Å². The number of benzene rings is 2. The van der Waals surface area contributed by atoms with Crippen LogP contribution in [0, 0.1) is 5.92 Å². The SMILES string of the molecule is CC(=O)N1CCC(CNC(=O)c2ccc3c(c2)NC(=O)c2ccccc2S3)C1. The van der Waals surface area contributed by atoms with E-state index in [0.717, 1.165) is 22.8 Å². The molecule has 1 atom stereocenters. The van der Waals surface area contributed by atoms with Gasteiger partial charge in [-0.15, -0.1) is 0 Å². The molecule has 144 valence electrons. The summed E-state index contributed by atoms with van der Waals surface area (Å²) in [6, 6.07) is 12.8. The van der Waals surface area contributed by atoms with Crippen molar-refractivity contribution in [3.05, 3.63) is 53.6 Å². The van der Waals surface area contributed by atoms with E-state index in [9.17, 15) is 14.4 Å². The van der Waals surface area contributed by atoms with E-state index in [1.807, 2.05) is 29.2 Å². The van der Waals surface area contributed by atoms with Crippen LogP contribution in [0.15, 0.2) is 52.3 Å². The Morgan fingerprint density at radius 1 is 1.21 bits per heavy atom. The average Bonchev–Trinajstić information content (AvgIpc) is 3.11. The Kier molecular flexibility index (Phi) is 5.09. The number of amides is 3. The highest BCUT2D eigenvalue weighted by molar-refractivity contribution is 7.99. The Labute approximate surface area is 167 Å². The Hall–Kier alpha value is -2.80. The van der Waals surface area contributed by atoms with Gasteiger partial charge >= 0.3 is 0 Å². The highest BCUT2D eigenvalue weighted by atomic mass is 32.2. The number of carbonyl (C=O) groups excluding carboxylic acids is 3. The van der Waals surface area contributed by atoms with E-state index in [1.165, 1.54) is 11.8 Å². The summed E-state index contributed by atoms with van der Waals surface area (Å²) in [6.45, 7) is 3.54. The van der Waals surface area contributed by atoms with Crippen molar-refractivity contribution in [1.82, 2.24) is 10.2 Å². The van der Waals surface area contributed by atoms with Crippen LogP contribution in [-0.2, 0) is 4.79 Å². The summed E-state index contributed by atoms with van der Waals surface area (Å²) in [6.07, 6.45) is 0.898. The van der Waals surface area contributed by atoms with E-state index in [1.54, 1.807) is 25.1 Å². The average molecular weight is 395 g/mol. The molecule has 2 aromatic carbocycles. The van der Waals surface area contributed by atoms with Crippen molar-refractivity contribution in [2.24, 2.45) is 5.92 Å². The number of hydrogen-bond donors (Lipinski definition) is 2. The second kappa shape index (κ2) is 7.67. The third-order valence-corrected chi connectivity index (χ3v) is 6.28. The summed E-state index contributed by atoms with van der Waals surface area (Å²) >= 11 is 1.51. The van der Waals surface area contributed by atoms with Crippen LogP contribution >= 0.6 is 11.8 Å². The molecule has 0 aromatic heterocycles. The van der Waals surface area contributed by atoms with Gasteiger partial charge in [-0.1, -0.05) is 23.9 Å². The lowest BCUT2D eigenvalue weighted by Gasteiger charge is -2.15. The molecule has 0 radical (unpaired) electrons. The van der Waals surface area contributed by atoms with E-state index < -0.39 is 0 Å². The van der Waals surface area contributed by atoms with Crippen LogP contribution in [0.1, 0.15) is 34.1 Å². The second-order valence-corrected chi connectivity index (χ2v) is 8.18. The summed E-state index contributed by atoms with van der Waals surface area (Å²) < 4.78 is 0. The largest absolute Gasteiger partial charge is 0.352 e. The van der Waals surface area contributed by atoms with Crippen LogP contribution in [0.4, 0.5) is 5.69 Å². The molecule has 1 unspecified atom stereocenters. The lowest BCUT2D eigenvalue weighted by Crippen LogP contribution is -2.32. The Balaban J connectivity index is 1.44. The first-order valence-corrected chi connectivity index (χ1v) is 10.1. The van der Waals surface area contributed by atoms with E-state index in [0.29, 0.717) is 29.9 Å². The predicted molar refractivity (Wildman–Crippen MR) is 108 cm³/mol. The smallest absolute Gasteiger partial charge is 0.256 e. The molecule has 7 heteroatoms. The zero-order chi connectivity index (χ0) is 19.7. The number of anilines is 1. The molecule has 2 aliphatic heterocycles. The van der Waals surface area contributed by atoms with Crippen molar-refractivity contribution in [3.63, 3.8) is 0 Å². The summed E-state index contributed by atoms with van der Waals surface area (Å²) in [4.78, 5) is 40.1. The molecule has 0 bridgehead atoms. The molecule has 0 saturated carbocycles. The van der Waals surface area contributed by atoms with Crippen molar-refractivity contribution >= 4 is 35.2 Å². The number of nitrogens with zero attached hydrogens (tertiary/aromatic N) is 1. The van der Waals surface area contributed by atoms with Crippen molar-refractivity contribution in [2.75, 3.05) is 25.0 Å². The lowest BCUT2D eigenvalue weighted by atomic mass is 10.1. The van der Waals surface area contributed by atoms with Crippen LogP contribution in [0.3, 0.4) is 0 Å². The zero-order valence-electron chi connectivity index (χ0n) is 15.5. The number of likely N-dealkylation sites (tertiary alicyclic amines) is 1. The van der Waals surface area contributed by atoms with E-state index in [-0.39, 0.29) is 23.6 Å². The van der Waals surface area contributed by atoms with Crippen LogP contribution in [0.2, 0.25) is 0 Å². The third-order valence-electron chi connectivity index (χ3n) is 5.12. The fourth-order valence-corrected chi connectivity index (χ4v) is 4.54. The number of fused-ring (bicyclic) bond motifs is 2. The van der Waals surface area contributed by atoms with Crippen LogP contribution in [0.5, 0.6) is 0 Å². The molecule has 0 aliphatic carbocycles. The molecule has 1 saturated heterocycles. The molecule has 2 aromatic rings. The summed E-state index contributed by atoms with van der Waals surface area (Å²) in [5, 5.41) is 5.86.